The van der Waals surface area contributed by atoms with Crippen molar-refractivity contribution in [2.45, 2.75) is 64.2 Å². The van der Waals surface area contributed by atoms with Gasteiger partial charge in [-0.25, -0.2) is 0 Å². The summed E-state index contributed by atoms with van der Waals surface area (Å²) in [6, 6.07) is 14.9. The minimum atomic E-state index is -1.07. The van der Waals surface area contributed by atoms with Gasteiger partial charge >= 0.3 is 0 Å². The van der Waals surface area contributed by atoms with Crippen LogP contribution in [0.15, 0.2) is 59.2 Å². The average molecular weight is 480 g/mol. The highest BCUT2D eigenvalue weighted by molar-refractivity contribution is 6.30. The lowest BCUT2D eigenvalue weighted by Gasteiger charge is -2.45. The minimum Gasteiger partial charge on any atom is -0.463 e. The predicted molar refractivity (Wildman–Crippen MR) is 131 cm³/mol. The Balaban J connectivity index is 1.52. The molecule has 0 bridgehead atoms. The zero-order valence-corrected chi connectivity index (χ0v) is 20.3. The molecular formula is C27H30ClN3O3. The number of aromatic nitrogens is 1. The van der Waals surface area contributed by atoms with Gasteiger partial charge in [0.1, 0.15) is 17.0 Å². The van der Waals surface area contributed by atoms with Crippen LogP contribution in [0.2, 0.25) is 5.02 Å². The van der Waals surface area contributed by atoms with E-state index in [2.05, 4.69) is 12.2 Å². The van der Waals surface area contributed by atoms with Gasteiger partial charge in [-0.1, -0.05) is 43.5 Å². The number of hydrogen-bond donors (Lipinski definition) is 1. The number of carbonyl (C=O) groups excluding carboxylic acids is 2. The van der Waals surface area contributed by atoms with Crippen molar-refractivity contribution in [1.29, 1.82) is 0 Å². The molecule has 1 N–H and O–H groups in total. The first-order chi connectivity index (χ1) is 16.4. The molecule has 3 aromatic rings. The van der Waals surface area contributed by atoms with Gasteiger partial charge in [-0.2, -0.15) is 0 Å². The summed E-state index contributed by atoms with van der Waals surface area (Å²) >= 11 is 6.07. The van der Waals surface area contributed by atoms with Crippen molar-refractivity contribution < 1.29 is 14.0 Å². The van der Waals surface area contributed by atoms with Crippen molar-refractivity contribution in [2.24, 2.45) is 5.92 Å². The second-order valence-electron chi connectivity index (χ2n) is 9.80. The third kappa shape index (κ3) is 4.05. The van der Waals surface area contributed by atoms with Crippen molar-refractivity contribution >= 4 is 23.4 Å². The lowest BCUT2D eigenvalue weighted by molar-refractivity contribution is -0.134. The first-order valence-corrected chi connectivity index (χ1v) is 12.4. The van der Waals surface area contributed by atoms with Crippen LogP contribution in [0.5, 0.6) is 0 Å². The van der Waals surface area contributed by atoms with E-state index >= 15 is 0 Å². The maximum absolute atomic E-state index is 13.9. The smallest absolute Gasteiger partial charge is 0.271 e. The third-order valence-electron chi connectivity index (χ3n) is 7.45. The summed E-state index contributed by atoms with van der Waals surface area (Å²) in [7, 11) is 0. The number of hydrogen-bond acceptors (Lipinski definition) is 3. The minimum absolute atomic E-state index is 0.113. The van der Waals surface area contributed by atoms with Crippen molar-refractivity contribution in [3.63, 3.8) is 0 Å². The molecule has 2 aliphatic rings. The van der Waals surface area contributed by atoms with E-state index in [-0.39, 0.29) is 17.9 Å². The number of furan rings is 1. The largest absolute Gasteiger partial charge is 0.463 e. The Hall–Kier alpha value is -2.99. The first kappa shape index (κ1) is 22.8. The standard InChI is InChI=1S/C27H30ClN3O3/c1-18-6-3-4-7-21(18)29-26(33)27(2)17-30-22(24-8-5-15-34-24)13-14-23(30)25(32)31(27)16-19-9-11-20(28)12-10-19/h5,8-15,18,21H,3-4,6-7,16-17H2,1-2H3,(H,29,33)/t18-,21-,27+/m1/s1. The monoisotopic (exact) mass is 479 g/mol. The summed E-state index contributed by atoms with van der Waals surface area (Å²) in [6.45, 7) is 4.74. The zero-order valence-electron chi connectivity index (χ0n) is 19.6. The van der Waals surface area contributed by atoms with Gasteiger partial charge in [-0.05, 0) is 67.6 Å². The number of nitrogens with one attached hydrogen (secondary N) is 1. The van der Waals surface area contributed by atoms with Crippen LogP contribution >= 0.6 is 11.6 Å². The number of nitrogens with zero attached hydrogens (tertiary/aromatic N) is 2. The molecule has 178 valence electrons. The van der Waals surface area contributed by atoms with Crippen LogP contribution in [0.25, 0.3) is 11.5 Å². The quantitative estimate of drug-likeness (QED) is 0.524. The summed E-state index contributed by atoms with van der Waals surface area (Å²) in [6.07, 6.45) is 6.01. The van der Waals surface area contributed by atoms with E-state index in [4.69, 9.17) is 16.0 Å². The van der Waals surface area contributed by atoms with Gasteiger partial charge in [0.2, 0.25) is 5.91 Å². The molecule has 2 aromatic heterocycles. The van der Waals surface area contributed by atoms with Gasteiger partial charge in [0.15, 0.2) is 0 Å². The molecule has 5 rings (SSSR count). The highest BCUT2D eigenvalue weighted by atomic mass is 35.5. The summed E-state index contributed by atoms with van der Waals surface area (Å²) in [5, 5.41) is 3.95. The van der Waals surface area contributed by atoms with Crippen LogP contribution in [0, 0.1) is 5.92 Å². The summed E-state index contributed by atoms with van der Waals surface area (Å²) < 4.78 is 7.54. The van der Waals surface area contributed by atoms with Crippen LogP contribution in [-0.4, -0.2) is 32.9 Å². The Morgan fingerprint density at radius 1 is 1.12 bits per heavy atom. The second-order valence-corrected chi connectivity index (χ2v) is 10.2. The molecule has 1 aliphatic heterocycles. The Kier molecular flexibility index (Phi) is 6.02. The van der Waals surface area contributed by atoms with Crippen LogP contribution in [0.3, 0.4) is 0 Å². The number of rotatable bonds is 5. The van der Waals surface area contributed by atoms with E-state index in [0.29, 0.717) is 35.5 Å². The molecule has 1 fully saturated rings. The number of halogens is 1. The van der Waals surface area contributed by atoms with E-state index in [1.165, 1.54) is 6.42 Å². The lowest BCUT2D eigenvalue weighted by atomic mass is 9.85. The number of carbonyl (C=O) groups is 2. The van der Waals surface area contributed by atoms with Gasteiger partial charge < -0.3 is 19.2 Å². The van der Waals surface area contributed by atoms with Crippen molar-refractivity contribution in [1.82, 2.24) is 14.8 Å². The summed E-state index contributed by atoms with van der Waals surface area (Å²) in [5.41, 5.74) is 1.21. The second kappa shape index (κ2) is 8.99. The number of amides is 2. The maximum atomic E-state index is 13.9. The lowest BCUT2D eigenvalue weighted by Crippen LogP contribution is -2.65. The fourth-order valence-corrected chi connectivity index (χ4v) is 5.41. The van der Waals surface area contributed by atoms with Crippen LogP contribution in [0.4, 0.5) is 0 Å². The Bertz CT molecular complexity index is 1180. The Morgan fingerprint density at radius 3 is 2.56 bits per heavy atom. The summed E-state index contributed by atoms with van der Waals surface area (Å²) in [4.78, 5) is 29.4. The molecule has 1 aliphatic carbocycles. The van der Waals surface area contributed by atoms with Crippen molar-refractivity contribution in [3.8, 4) is 11.5 Å². The molecule has 1 aromatic carbocycles. The molecule has 1 saturated carbocycles. The fraction of sp³-hybridized carbons (Fsp3) is 0.407. The van der Waals surface area contributed by atoms with Crippen LogP contribution in [0.1, 0.15) is 55.6 Å². The van der Waals surface area contributed by atoms with Crippen molar-refractivity contribution in [2.75, 3.05) is 0 Å². The third-order valence-corrected chi connectivity index (χ3v) is 7.70. The molecule has 3 atom stereocenters. The molecule has 2 amide bonds. The molecule has 6 nitrogen and oxygen atoms in total. The SMILES string of the molecule is C[C@@H]1CCCC[C@H]1NC(=O)[C@]1(C)Cn2c(ccc2-c2ccco2)C(=O)N1Cc1ccc(Cl)cc1. The zero-order chi connectivity index (χ0) is 23.9. The van der Waals surface area contributed by atoms with Crippen LogP contribution in [-0.2, 0) is 17.9 Å². The Labute approximate surface area is 204 Å². The Morgan fingerprint density at radius 2 is 1.85 bits per heavy atom. The maximum Gasteiger partial charge on any atom is 0.271 e. The van der Waals surface area contributed by atoms with E-state index in [1.807, 2.05) is 60.0 Å². The highest BCUT2D eigenvalue weighted by Gasteiger charge is 2.48. The van der Waals surface area contributed by atoms with E-state index in [1.54, 1.807) is 11.2 Å². The van der Waals surface area contributed by atoms with Crippen molar-refractivity contribution in [3.05, 3.63) is 71.1 Å². The molecule has 0 spiro atoms. The molecule has 0 radical (unpaired) electrons. The molecule has 3 heterocycles. The summed E-state index contributed by atoms with van der Waals surface area (Å²) in [5.74, 6) is 0.812. The molecule has 0 unspecified atom stereocenters. The van der Waals surface area contributed by atoms with E-state index < -0.39 is 5.54 Å². The molecule has 34 heavy (non-hydrogen) atoms. The van der Waals surface area contributed by atoms with Gasteiger partial charge in [0.05, 0.1) is 18.5 Å². The molecular weight excluding hydrogens is 450 g/mol. The van der Waals surface area contributed by atoms with E-state index in [0.717, 1.165) is 30.5 Å². The van der Waals surface area contributed by atoms with Gasteiger partial charge in [-0.15, -0.1) is 0 Å². The van der Waals surface area contributed by atoms with Gasteiger partial charge in [0.25, 0.3) is 5.91 Å². The first-order valence-electron chi connectivity index (χ1n) is 12.0. The normalized spacial score (nSPS) is 24.7. The van der Waals surface area contributed by atoms with Gasteiger partial charge in [-0.3, -0.25) is 9.59 Å². The fourth-order valence-electron chi connectivity index (χ4n) is 5.29. The van der Waals surface area contributed by atoms with Crippen LogP contribution < -0.4 is 5.32 Å². The number of fused-ring (bicyclic) bond motifs is 1. The molecule has 7 heteroatoms. The number of benzene rings is 1. The molecule has 0 saturated heterocycles. The predicted octanol–water partition coefficient (Wildman–Crippen LogP) is 5.51. The average Bonchev–Trinajstić information content (AvgIpc) is 3.49. The highest BCUT2D eigenvalue weighted by Crippen LogP contribution is 2.35. The topological polar surface area (TPSA) is 67.5 Å². The van der Waals surface area contributed by atoms with Gasteiger partial charge in [0, 0.05) is 17.6 Å². The van der Waals surface area contributed by atoms with E-state index in [9.17, 15) is 9.59 Å².